The Morgan fingerprint density at radius 1 is 1.22 bits per heavy atom. The molecule has 2 rings (SSSR count). The number of nitrogens with zero attached hydrogens (tertiary/aromatic N) is 3. The molecule has 0 spiro atoms. The Morgan fingerprint density at radius 3 is 2.44 bits per heavy atom. The maximum atomic E-state index is 11.5. The zero-order chi connectivity index (χ0) is 19.6. The van der Waals surface area contributed by atoms with E-state index >= 15 is 0 Å². The number of carbonyl (C=O) groups excluding carboxylic acids is 1. The minimum atomic E-state index is 0.148. The van der Waals surface area contributed by atoms with Gasteiger partial charge in [-0.05, 0) is 49.3 Å². The highest BCUT2D eigenvalue weighted by Gasteiger charge is 2.22. The SMILES string of the molecule is CN=C(NCCCc1ccc(N(C)C)cc1)N1CCC(CC(=O)NC)CC1. The Bertz CT molecular complexity index is 604. The Kier molecular flexibility index (Phi) is 8.43. The van der Waals surface area contributed by atoms with Gasteiger partial charge in [0.15, 0.2) is 5.96 Å². The number of rotatable bonds is 7. The summed E-state index contributed by atoms with van der Waals surface area (Å²) in [5.74, 6) is 1.62. The van der Waals surface area contributed by atoms with Gasteiger partial charge >= 0.3 is 0 Å². The quantitative estimate of drug-likeness (QED) is 0.437. The van der Waals surface area contributed by atoms with Gasteiger partial charge in [-0.1, -0.05) is 12.1 Å². The molecule has 1 heterocycles. The Labute approximate surface area is 164 Å². The van der Waals surface area contributed by atoms with Gasteiger partial charge in [-0.3, -0.25) is 9.79 Å². The molecular weight excluding hydrogens is 338 g/mol. The summed E-state index contributed by atoms with van der Waals surface area (Å²) in [6.07, 6.45) is 4.88. The van der Waals surface area contributed by atoms with Crippen molar-refractivity contribution in [1.29, 1.82) is 0 Å². The van der Waals surface area contributed by atoms with Gasteiger partial charge in [0.1, 0.15) is 0 Å². The van der Waals surface area contributed by atoms with E-state index < -0.39 is 0 Å². The molecule has 150 valence electrons. The molecule has 0 atom stereocenters. The molecule has 1 aromatic rings. The number of anilines is 1. The first-order valence-electron chi connectivity index (χ1n) is 9.96. The van der Waals surface area contributed by atoms with Crippen molar-refractivity contribution < 1.29 is 4.79 Å². The van der Waals surface area contributed by atoms with E-state index in [1.807, 2.05) is 7.05 Å². The van der Waals surface area contributed by atoms with Crippen LogP contribution in [-0.2, 0) is 11.2 Å². The van der Waals surface area contributed by atoms with Crippen LogP contribution in [0.15, 0.2) is 29.3 Å². The maximum Gasteiger partial charge on any atom is 0.220 e. The summed E-state index contributed by atoms with van der Waals surface area (Å²) < 4.78 is 0. The number of benzene rings is 1. The minimum Gasteiger partial charge on any atom is -0.378 e. The highest BCUT2D eigenvalue weighted by atomic mass is 16.1. The number of likely N-dealkylation sites (tertiary alicyclic amines) is 1. The van der Waals surface area contributed by atoms with Crippen molar-refractivity contribution in [2.75, 3.05) is 52.7 Å². The first-order chi connectivity index (χ1) is 13.0. The number of aryl methyl sites for hydroxylation is 1. The third-order valence-electron chi connectivity index (χ3n) is 5.26. The minimum absolute atomic E-state index is 0.148. The molecule has 1 fully saturated rings. The molecule has 27 heavy (non-hydrogen) atoms. The lowest BCUT2D eigenvalue weighted by Crippen LogP contribution is -2.46. The standard InChI is InChI=1S/C21H35N5O/c1-22-20(27)16-18-11-14-26(15-12-18)21(23-2)24-13-5-6-17-7-9-19(10-8-17)25(3)4/h7-10,18H,5-6,11-16H2,1-4H3,(H,22,27)(H,23,24). The van der Waals surface area contributed by atoms with Gasteiger partial charge < -0.3 is 20.4 Å². The average molecular weight is 374 g/mol. The summed E-state index contributed by atoms with van der Waals surface area (Å²) >= 11 is 0. The van der Waals surface area contributed by atoms with E-state index in [4.69, 9.17) is 0 Å². The van der Waals surface area contributed by atoms with E-state index in [-0.39, 0.29) is 5.91 Å². The number of amides is 1. The molecule has 2 N–H and O–H groups in total. The summed E-state index contributed by atoms with van der Waals surface area (Å²) in [6.45, 7) is 2.85. The van der Waals surface area contributed by atoms with Crippen LogP contribution < -0.4 is 15.5 Å². The molecule has 0 aliphatic carbocycles. The molecule has 1 aliphatic heterocycles. The summed E-state index contributed by atoms with van der Waals surface area (Å²) in [7, 11) is 7.68. The van der Waals surface area contributed by atoms with E-state index in [2.05, 4.69) is 63.8 Å². The molecule has 1 aliphatic rings. The van der Waals surface area contributed by atoms with Crippen molar-refractivity contribution in [3.8, 4) is 0 Å². The predicted molar refractivity (Wildman–Crippen MR) is 113 cm³/mol. The monoisotopic (exact) mass is 373 g/mol. The van der Waals surface area contributed by atoms with Crippen molar-refractivity contribution in [3.05, 3.63) is 29.8 Å². The molecule has 0 bridgehead atoms. The van der Waals surface area contributed by atoms with Crippen LogP contribution in [0.3, 0.4) is 0 Å². The molecular formula is C21H35N5O. The average Bonchev–Trinajstić information content (AvgIpc) is 2.69. The van der Waals surface area contributed by atoms with Crippen LogP contribution >= 0.6 is 0 Å². The fourth-order valence-electron chi connectivity index (χ4n) is 3.50. The Balaban J connectivity index is 1.69. The van der Waals surface area contributed by atoms with E-state index in [0.29, 0.717) is 12.3 Å². The first-order valence-corrected chi connectivity index (χ1v) is 9.96. The second-order valence-electron chi connectivity index (χ2n) is 7.45. The molecule has 0 aromatic heterocycles. The van der Waals surface area contributed by atoms with Crippen molar-refractivity contribution in [2.24, 2.45) is 10.9 Å². The van der Waals surface area contributed by atoms with E-state index in [1.165, 1.54) is 11.3 Å². The van der Waals surface area contributed by atoms with Gasteiger partial charge in [-0.2, -0.15) is 0 Å². The number of carbonyl (C=O) groups is 1. The zero-order valence-electron chi connectivity index (χ0n) is 17.3. The Morgan fingerprint density at radius 2 is 1.89 bits per heavy atom. The highest BCUT2D eigenvalue weighted by Crippen LogP contribution is 2.20. The van der Waals surface area contributed by atoms with E-state index in [1.54, 1.807) is 7.05 Å². The van der Waals surface area contributed by atoms with Crippen LogP contribution in [0, 0.1) is 5.92 Å². The third-order valence-corrected chi connectivity index (χ3v) is 5.26. The van der Waals surface area contributed by atoms with Gasteiger partial charge in [0, 0.05) is 59.9 Å². The Hall–Kier alpha value is -2.24. The van der Waals surface area contributed by atoms with Crippen LogP contribution in [0.5, 0.6) is 0 Å². The number of piperidine rings is 1. The largest absolute Gasteiger partial charge is 0.378 e. The van der Waals surface area contributed by atoms with E-state index in [9.17, 15) is 4.79 Å². The molecule has 1 amide bonds. The summed E-state index contributed by atoms with van der Waals surface area (Å²) in [5, 5.41) is 6.22. The van der Waals surface area contributed by atoms with Gasteiger partial charge in [0.2, 0.25) is 5.91 Å². The maximum absolute atomic E-state index is 11.5. The van der Waals surface area contributed by atoms with Crippen LogP contribution in [-0.4, -0.2) is 64.6 Å². The number of hydrogen-bond donors (Lipinski definition) is 2. The molecule has 6 nitrogen and oxygen atoms in total. The van der Waals surface area contributed by atoms with Crippen LogP contribution in [0.1, 0.15) is 31.2 Å². The topological polar surface area (TPSA) is 60.0 Å². The second-order valence-corrected chi connectivity index (χ2v) is 7.45. The molecule has 1 saturated heterocycles. The third kappa shape index (κ3) is 6.77. The smallest absolute Gasteiger partial charge is 0.220 e. The number of aliphatic imine (C=N–C) groups is 1. The molecule has 6 heteroatoms. The van der Waals surface area contributed by atoms with Crippen molar-refractivity contribution in [3.63, 3.8) is 0 Å². The zero-order valence-corrected chi connectivity index (χ0v) is 17.3. The lowest BCUT2D eigenvalue weighted by Gasteiger charge is -2.34. The van der Waals surface area contributed by atoms with Crippen LogP contribution in [0.2, 0.25) is 0 Å². The summed E-state index contributed by atoms with van der Waals surface area (Å²) in [4.78, 5) is 20.4. The highest BCUT2D eigenvalue weighted by molar-refractivity contribution is 5.80. The number of hydrogen-bond acceptors (Lipinski definition) is 3. The molecule has 0 saturated carbocycles. The van der Waals surface area contributed by atoms with Crippen LogP contribution in [0.4, 0.5) is 5.69 Å². The van der Waals surface area contributed by atoms with Gasteiger partial charge in [-0.25, -0.2) is 0 Å². The fourth-order valence-corrected chi connectivity index (χ4v) is 3.50. The van der Waals surface area contributed by atoms with E-state index in [0.717, 1.165) is 51.3 Å². The molecule has 1 aromatic carbocycles. The summed E-state index contributed by atoms with van der Waals surface area (Å²) in [6, 6.07) is 8.76. The van der Waals surface area contributed by atoms with Gasteiger partial charge in [0.25, 0.3) is 0 Å². The van der Waals surface area contributed by atoms with Crippen LogP contribution in [0.25, 0.3) is 0 Å². The van der Waals surface area contributed by atoms with Gasteiger partial charge in [0.05, 0.1) is 0 Å². The lowest BCUT2D eigenvalue weighted by atomic mass is 9.93. The van der Waals surface area contributed by atoms with Gasteiger partial charge in [-0.15, -0.1) is 0 Å². The summed E-state index contributed by atoms with van der Waals surface area (Å²) in [5.41, 5.74) is 2.60. The first kappa shape index (κ1) is 21.1. The molecule has 0 radical (unpaired) electrons. The molecule has 0 unspecified atom stereocenters. The van der Waals surface area contributed by atoms with Crippen molar-refractivity contribution >= 4 is 17.6 Å². The van der Waals surface area contributed by atoms with Crippen molar-refractivity contribution in [2.45, 2.75) is 32.1 Å². The normalized spacial score (nSPS) is 15.6. The lowest BCUT2D eigenvalue weighted by molar-refractivity contribution is -0.121. The number of nitrogens with one attached hydrogen (secondary N) is 2. The van der Waals surface area contributed by atoms with Crippen molar-refractivity contribution in [1.82, 2.24) is 15.5 Å². The predicted octanol–water partition coefficient (Wildman–Crippen LogP) is 2.11. The second kappa shape index (κ2) is 10.8. The number of guanidine groups is 1. The fraction of sp³-hybridized carbons (Fsp3) is 0.619.